The third kappa shape index (κ3) is 6.02. The van der Waals surface area contributed by atoms with E-state index in [4.69, 9.17) is 21.1 Å². The van der Waals surface area contributed by atoms with Gasteiger partial charge in [0.1, 0.15) is 6.61 Å². The maximum atomic E-state index is 6.19. The smallest absolute Gasteiger partial charge is 0.161 e. The minimum atomic E-state index is 0.419. The Hall–Kier alpha value is -1.97. The van der Waals surface area contributed by atoms with Gasteiger partial charge in [0, 0.05) is 17.1 Å². The van der Waals surface area contributed by atoms with Crippen molar-refractivity contribution in [1.29, 1.82) is 0 Å². The van der Waals surface area contributed by atoms with Crippen molar-refractivity contribution in [3.63, 3.8) is 0 Å². The van der Waals surface area contributed by atoms with Crippen LogP contribution in [0.3, 0.4) is 0 Å². The van der Waals surface area contributed by atoms with Gasteiger partial charge in [0.2, 0.25) is 0 Å². The van der Waals surface area contributed by atoms with Crippen LogP contribution in [-0.4, -0.2) is 13.7 Å². The second-order valence-corrected chi connectivity index (χ2v) is 7.31. The van der Waals surface area contributed by atoms with Gasteiger partial charge in [-0.25, -0.2) is 0 Å². The van der Waals surface area contributed by atoms with Crippen LogP contribution in [0.25, 0.3) is 0 Å². The van der Waals surface area contributed by atoms with Gasteiger partial charge in [-0.1, -0.05) is 47.5 Å². The lowest BCUT2D eigenvalue weighted by atomic mass is 9.97. The fourth-order valence-electron chi connectivity index (χ4n) is 3.33. The molecule has 0 fully saturated rings. The van der Waals surface area contributed by atoms with Gasteiger partial charge in [-0.15, -0.1) is 0 Å². The first-order valence-corrected chi connectivity index (χ1v) is 10.1. The Balaban J connectivity index is 1.51. The highest BCUT2D eigenvalue weighted by molar-refractivity contribution is 6.31. The minimum absolute atomic E-state index is 0.419. The second kappa shape index (κ2) is 10.4. The molecule has 27 heavy (non-hydrogen) atoms. The van der Waals surface area contributed by atoms with Gasteiger partial charge in [0.25, 0.3) is 0 Å². The van der Waals surface area contributed by atoms with Crippen LogP contribution in [0.5, 0.6) is 11.5 Å². The summed E-state index contributed by atoms with van der Waals surface area (Å²) in [6.07, 6.45) is 8.78. The van der Waals surface area contributed by atoms with Gasteiger partial charge < -0.3 is 14.8 Å². The quantitative estimate of drug-likeness (QED) is 0.430. The van der Waals surface area contributed by atoms with Crippen molar-refractivity contribution in [2.75, 3.05) is 13.7 Å². The molecule has 144 valence electrons. The maximum absolute atomic E-state index is 6.19. The Morgan fingerprint density at radius 3 is 2.74 bits per heavy atom. The minimum Gasteiger partial charge on any atom is -0.493 e. The topological polar surface area (TPSA) is 30.5 Å². The zero-order chi connectivity index (χ0) is 18.9. The summed E-state index contributed by atoms with van der Waals surface area (Å²) in [6.45, 7) is 2.26. The number of halogens is 1. The lowest BCUT2D eigenvalue weighted by molar-refractivity contribution is 0.284. The maximum Gasteiger partial charge on any atom is 0.161 e. The van der Waals surface area contributed by atoms with E-state index in [9.17, 15) is 0 Å². The van der Waals surface area contributed by atoms with Gasteiger partial charge in [-0.05, 0) is 62.4 Å². The Kier molecular flexibility index (Phi) is 7.61. The first-order chi connectivity index (χ1) is 13.3. The fourth-order valence-corrected chi connectivity index (χ4v) is 3.52. The molecule has 0 spiro atoms. The van der Waals surface area contributed by atoms with E-state index in [1.54, 1.807) is 12.7 Å². The molecule has 0 bridgehead atoms. The van der Waals surface area contributed by atoms with E-state index < -0.39 is 0 Å². The molecule has 0 heterocycles. The highest BCUT2D eigenvalue weighted by Gasteiger charge is 2.08. The molecule has 0 aliphatic heterocycles. The van der Waals surface area contributed by atoms with Crippen molar-refractivity contribution in [2.24, 2.45) is 0 Å². The van der Waals surface area contributed by atoms with E-state index in [1.807, 2.05) is 36.4 Å². The largest absolute Gasteiger partial charge is 0.493 e. The van der Waals surface area contributed by atoms with Crippen LogP contribution in [0, 0.1) is 0 Å². The Bertz CT molecular complexity index is 773. The van der Waals surface area contributed by atoms with Gasteiger partial charge in [0.15, 0.2) is 11.5 Å². The molecular formula is C23H28ClNO2. The van der Waals surface area contributed by atoms with E-state index in [0.717, 1.165) is 36.6 Å². The summed E-state index contributed by atoms with van der Waals surface area (Å²) >= 11 is 6.19. The number of rotatable bonds is 9. The van der Waals surface area contributed by atoms with Crippen molar-refractivity contribution in [2.45, 2.75) is 45.3 Å². The zero-order valence-corrected chi connectivity index (χ0v) is 16.7. The van der Waals surface area contributed by atoms with Crippen molar-refractivity contribution in [1.82, 2.24) is 5.32 Å². The van der Waals surface area contributed by atoms with Crippen LogP contribution in [0.4, 0.5) is 0 Å². The molecule has 2 aromatic carbocycles. The number of benzene rings is 2. The normalized spacial score (nSPS) is 13.9. The first kappa shape index (κ1) is 19.8. The van der Waals surface area contributed by atoms with E-state index in [1.165, 1.54) is 31.2 Å². The molecule has 0 saturated carbocycles. The monoisotopic (exact) mass is 385 g/mol. The summed E-state index contributed by atoms with van der Waals surface area (Å²) in [6, 6.07) is 13.8. The lowest BCUT2D eigenvalue weighted by Gasteiger charge is -2.14. The number of methoxy groups -OCH3 is 1. The van der Waals surface area contributed by atoms with Crippen molar-refractivity contribution in [3.05, 3.63) is 70.3 Å². The predicted molar refractivity (Wildman–Crippen MR) is 112 cm³/mol. The van der Waals surface area contributed by atoms with E-state index >= 15 is 0 Å². The molecule has 0 radical (unpaired) electrons. The van der Waals surface area contributed by atoms with Crippen molar-refractivity contribution in [3.8, 4) is 11.5 Å². The summed E-state index contributed by atoms with van der Waals surface area (Å²) < 4.78 is 11.4. The molecule has 1 aliphatic rings. The molecule has 0 unspecified atom stereocenters. The molecule has 1 N–H and O–H groups in total. The van der Waals surface area contributed by atoms with Crippen molar-refractivity contribution < 1.29 is 9.47 Å². The van der Waals surface area contributed by atoms with Crippen LogP contribution in [0.1, 0.15) is 43.2 Å². The van der Waals surface area contributed by atoms with Crippen LogP contribution < -0.4 is 14.8 Å². The number of nitrogens with one attached hydrogen (secondary N) is 1. The summed E-state index contributed by atoms with van der Waals surface area (Å²) in [5, 5.41) is 4.24. The van der Waals surface area contributed by atoms with Crippen molar-refractivity contribution >= 4 is 11.6 Å². The summed E-state index contributed by atoms with van der Waals surface area (Å²) in [7, 11) is 1.67. The Labute approximate surface area is 167 Å². The van der Waals surface area contributed by atoms with Gasteiger partial charge in [0.05, 0.1) is 7.11 Å². The zero-order valence-electron chi connectivity index (χ0n) is 16.0. The molecule has 3 rings (SSSR count). The summed E-state index contributed by atoms with van der Waals surface area (Å²) in [5.41, 5.74) is 3.76. The molecule has 0 amide bonds. The number of ether oxygens (including phenoxy) is 2. The summed E-state index contributed by atoms with van der Waals surface area (Å²) in [5.74, 6) is 1.48. The average molecular weight is 386 g/mol. The lowest BCUT2D eigenvalue weighted by Crippen LogP contribution is -2.15. The highest BCUT2D eigenvalue weighted by atomic mass is 35.5. The van der Waals surface area contributed by atoms with E-state index in [0.29, 0.717) is 11.6 Å². The average Bonchev–Trinajstić information content (AvgIpc) is 2.72. The predicted octanol–water partition coefficient (Wildman–Crippen LogP) is 5.91. The Morgan fingerprint density at radius 2 is 1.96 bits per heavy atom. The third-order valence-corrected chi connectivity index (χ3v) is 5.27. The molecule has 1 aliphatic carbocycles. The highest BCUT2D eigenvalue weighted by Crippen LogP contribution is 2.29. The first-order valence-electron chi connectivity index (χ1n) is 9.68. The molecule has 2 aromatic rings. The van der Waals surface area contributed by atoms with E-state index in [2.05, 4.69) is 17.5 Å². The van der Waals surface area contributed by atoms with Crippen LogP contribution in [0.15, 0.2) is 54.1 Å². The standard InChI is InChI=1S/C23H28ClNO2/c1-26-23-15-19(16-25-14-13-18-7-3-2-4-8-18)11-12-22(23)27-17-20-9-5-6-10-21(20)24/h5-7,9-12,15,25H,2-4,8,13-14,16-17H2,1H3. The van der Waals surface area contributed by atoms with Gasteiger partial charge >= 0.3 is 0 Å². The summed E-state index contributed by atoms with van der Waals surface area (Å²) in [4.78, 5) is 0. The molecule has 0 atom stereocenters. The van der Waals surface area contributed by atoms with Crippen LogP contribution in [0.2, 0.25) is 5.02 Å². The number of allylic oxidation sites excluding steroid dienone is 1. The molecule has 3 nitrogen and oxygen atoms in total. The Morgan fingerprint density at radius 1 is 1.07 bits per heavy atom. The number of hydrogen-bond acceptors (Lipinski definition) is 3. The van der Waals surface area contributed by atoms with Gasteiger partial charge in [-0.2, -0.15) is 0 Å². The molecule has 0 saturated heterocycles. The second-order valence-electron chi connectivity index (χ2n) is 6.90. The third-order valence-electron chi connectivity index (χ3n) is 4.91. The molecule has 0 aromatic heterocycles. The van der Waals surface area contributed by atoms with Crippen LogP contribution >= 0.6 is 11.6 Å². The number of hydrogen-bond donors (Lipinski definition) is 1. The van der Waals surface area contributed by atoms with E-state index in [-0.39, 0.29) is 0 Å². The molecule has 4 heteroatoms. The van der Waals surface area contributed by atoms with Gasteiger partial charge in [-0.3, -0.25) is 0 Å². The fraction of sp³-hybridized carbons (Fsp3) is 0.391. The SMILES string of the molecule is COc1cc(CNCCC2=CCCCC2)ccc1OCc1ccccc1Cl. The molecular weight excluding hydrogens is 358 g/mol. The van der Waals surface area contributed by atoms with Crippen LogP contribution in [-0.2, 0) is 13.2 Å².